The van der Waals surface area contributed by atoms with Crippen LogP contribution in [0.3, 0.4) is 0 Å². The molecule has 4 heterocycles. The number of rotatable bonds is 11. The van der Waals surface area contributed by atoms with Crippen LogP contribution in [-0.4, -0.2) is 28.9 Å². The van der Waals surface area contributed by atoms with E-state index in [1.54, 1.807) is 23.0 Å². The molecular weight excluding hydrogens is 677 g/mol. The SMILES string of the molecule is Cc1nc(-c2cc(F)c(C(C)CCn3ccc(-c4ccc(C(C)C)c(F)c4)n3)c(F)c2)n(CC2Cc3nc(-c4cccc(C(C)C)c4F)cn3C2)c1C. The van der Waals surface area contributed by atoms with Crippen molar-refractivity contribution in [2.45, 2.75) is 98.7 Å². The van der Waals surface area contributed by atoms with Crippen molar-refractivity contribution in [1.82, 2.24) is 28.9 Å². The Labute approximate surface area is 308 Å². The average molecular weight is 723 g/mol. The lowest BCUT2D eigenvalue weighted by Gasteiger charge is -2.17. The molecule has 0 fully saturated rings. The van der Waals surface area contributed by atoms with Gasteiger partial charge in [-0.2, -0.15) is 5.10 Å². The van der Waals surface area contributed by atoms with Gasteiger partial charge < -0.3 is 9.13 Å². The Morgan fingerprint density at radius 1 is 0.792 bits per heavy atom. The summed E-state index contributed by atoms with van der Waals surface area (Å²) >= 11 is 0. The van der Waals surface area contributed by atoms with E-state index in [0.29, 0.717) is 77.5 Å². The molecule has 0 aliphatic carbocycles. The average Bonchev–Trinajstić information content (AvgIpc) is 3.88. The predicted octanol–water partition coefficient (Wildman–Crippen LogP) is 10.8. The third-order valence-corrected chi connectivity index (χ3v) is 10.8. The number of fused-ring (bicyclic) bond motifs is 1. The van der Waals surface area contributed by atoms with E-state index in [9.17, 15) is 4.39 Å². The van der Waals surface area contributed by atoms with Gasteiger partial charge in [-0.05, 0) is 79.5 Å². The summed E-state index contributed by atoms with van der Waals surface area (Å²) in [5.41, 5.74) is 5.96. The third-order valence-electron chi connectivity index (χ3n) is 10.8. The van der Waals surface area contributed by atoms with E-state index in [1.165, 1.54) is 18.2 Å². The van der Waals surface area contributed by atoms with E-state index in [4.69, 9.17) is 9.97 Å². The highest BCUT2D eigenvalue weighted by Gasteiger charge is 2.28. The molecule has 0 saturated heterocycles. The molecule has 0 N–H and O–H groups in total. The van der Waals surface area contributed by atoms with Gasteiger partial charge in [0.15, 0.2) is 0 Å². The Hall–Kier alpha value is -4.99. The highest BCUT2D eigenvalue weighted by atomic mass is 19.1. The second-order valence-electron chi connectivity index (χ2n) is 15.2. The van der Waals surface area contributed by atoms with Crippen molar-refractivity contribution >= 4 is 0 Å². The lowest BCUT2D eigenvalue weighted by atomic mass is 9.95. The Morgan fingerprint density at radius 3 is 2.19 bits per heavy atom. The summed E-state index contributed by atoms with van der Waals surface area (Å²) in [6.07, 6.45) is 4.88. The summed E-state index contributed by atoms with van der Waals surface area (Å²) in [5, 5.41) is 4.59. The first-order valence-corrected chi connectivity index (χ1v) is 18.5. The first-order chi connectivity index (χ1) is 25.3. The molecule has 2 atom stereocenters. The zero-order valence-electron chi connectivity index (χ0n) is 31.4. The lowest BCUT2D eigenvalue weighted by molar-refractivity contribution is 0.432. The molecule has 6 nitrogen and oxygen atoms in total. The van der Waals surface area contributed by atoms with Crippen LogP contribution in [-0.2, 0) is 26.1 Å². The smallest absolute Gasteiger partial charge is 0.140 e. The predicted molar refractivity (Wildman–Crippen MR) is 201 cm³/mol. The van der Waals surface area contributed by atoms with Crippen LogP contribution < -0.4 is 0 Å². The Morgan fingerprint density at radius 2 is 1.51 bits per heavy atom. The summed E-state index contributed by atoms with van der Waals surface area (Å²) in [6, 6.07) is 15.2. The van der Waals surface area contributed by atoms with Crippen LogP contribution >= 0.6 is 0 Å². The third kappa shape index (κ3) is 7.08. The lowest BCUT2D eigenvalue weighted by Crippen LogP contribution is -2.15. The number of aromatic nitrogens is 6. The minimum atomic E-state index is -0.610. The monoisotopic (exact) mass is 722 g/mol. The van der Waals surface area contributed by atoms with Crippen LogP contribution in [0.1, 0.15) is 92.7 Å². The maximum absolute atomic E-state index is 15.8. The normalized spacial score (nSPS) is 14.8. The molecule has 3 aromatic carbocycles. The molecule has 0 radical (unpaired) electrons. The Bertz CT molecular complexity index is 2250. The van der Waals surface area contributed by atoms with Crippen molar-refractivity contribution in [3.8, 4) is 33.9 Å². The van der Waals surface area contributed by atoms with Crippen molar-refractivity contribution in [3.63, 3.8) is 0 Å². The van der Waals surface area contributed by atoms with Gasteiger partial charge in [0.2, 0.25) is 0 Å². The molecule has 53 heavy (non-hydrogen) atoms. The molecule has 1 aliphatic heterocycles. The molecule has 0 amide bonds. The number of benzene rings is 3. The highest BCUT2D eigenvalue weighted by molar-refractivity contribution is 5.62. The van der Waals surface area contributed by atoms with Crippen LogP contribution in [0, 0.1) is 43.0 Å². The highest BCUT2D eigenvalue weighted by Crippen LogP contribution is 2.35. The van der Waals surface area contributed by atoms with E-state index in [0.717, 1.165) is 17.2 Å². The second-order valence-corrected chi connectivity index (χ2v) is 15.2. The van der Waals surface area contributed by atoms with Gasteiger partial charge in [0.1, 0.15) is 34.9 Å². The van der Waals surface area contributed by atoms with Crippen molar-refractivity contribution in [2.24, 2.45) is 5.92 Å². The van der Waals surface area contributed by atoms with E-state index in [1.807, 2.05) is 83.5 Å². The van der Waals surface area contributed by atoms with Gasteiger partial charge >= 0.3 is 0 Å². The van der Waals surface area contributed by atoms with Crippen LogP contribution in [0.15, 0.2) is 67.0 Å². The van der Waals surface area contributed by atoms with Gasteiger partial charge in [-0.15, -0.1) is 0 Å². The maximum atomic E-state index is 15.8. The van der Waals surface area contributed by atoms with Gasteiger partial charge in [-0.1, -0.05) is 58.9 Å². The fourth-order valence-corrected chi connectivity index (χ4v) is 7.63. The largest absolute Gasteiger partial charge is 0.334 e. The fraction of sp³-hybridized carbons (Fsp3) is 0.372. The Balaban J connectivity index is 1.04. The number of imidazole rings is 2. The van der Waals surface area contributed by atoms with E-state index >= 15 is 13.2 Å². The molecule has 0 saturated carbocycles. The molecule has 1 aliphatic rings. The molecular formula is C43H46F4N6. The number of nitrogens with zero attached hydrogens (tertiary/aromatic N) is 6. The van der Waals surface area contributed by atoms with Gasteiger partial charge in [0.25, 0.3) is 0 Å². The minimum absolute atomic E-state index is 0.0337. The zero-order chi connectivity index (χ0) is 37.7. The van der Waals surface area contributed by atoms with Crippen molar-refractivity contribution in [1.29, 1.82) is 0 Å². The number of aryl methyl sites for hydroxylation is 2. The molecule has 0 bridgehead atoms. The topological polar surface area (TPSA) is 53.5 Å². The van der Waals surface area contributed by atoms with E-state index in [-0.39, 0.29) is 35.0 Å². The molecule has 2 unspecified atom stereocenters. The number of hydrogen-bond donors (Lipinski definition) is 0. The van der Waals surface area contributed by atoms with Crippen molar-refractivity contribution in [3.05, 3.63) is 124 Å². The molecule has 7 rings (SSSR count). The summed E-state index contributed by atoms with van der Waals surface area (Å²) in [6.45, 7) is 15.3. The second kappa shape index (κ2) is 14.4. The van der Waals surface area contributed by atoms with Crippen LogP contribution in [0.4, 0.5) is 17.6 Å². The first-order valence-electron chi connectivity index (χ1n) is 18.5. The van der Waals surface area contributed by atoms with E-state index < -0.39 is 17.6 Å². The van der Waals surface area contributed by atoms with Crippen LogP contribution in [0.25, 0.3) is 33.9 Å². The first kappa shape index (κ1) is 36.4. The standard InChI is InChI=1S/C43H46F4N6/c1-24(2)32-12-11-30(18-35(32)44)38-14-16-52(50-38)15-13-26(5)41-36(45)19-31(20-37(41)46)43-48-27(6)28(7)53(43)22-29-17-40-49-39(23-51(40)21-29)34-10-8-9-33(25(3)4)42(34)47/h8-12,14,16,18-20,23-26,29H,13,15,17,21-22H2,1-7H3. The van der Waals surface area contributed by atoms with Crippen molar-refractivity contribution in [2.75, 3.05) is 0 Å². The molecule has 0 spiro atoms. The maximum Gasteiger partial charge on any atom is 0.140 e. The molecule has 6 aromatic rings. The summed E-state index contributed by atoms with van der Waals surface area (Å²) in [7, 11) is 0. The zero-order valence-corrected chi connectivity index (χ0v) is 31.4. The van der Waals surface area contributed by atoms with Gasteiger partial charge in [0.05, 0.1) is 17.1 Å². The quantitative estimate of drug-likeness (QED) is 0.125. The van der Waals surface area contributed by atoms with Crippen LogP contribution in [0.5, 0.6) is 0 Å². The Kier molecular flexibility index (Phi) is 9.91. The minimum Gasteiger partial charge on any atom is -0.334 e. The van der Waals surface area contributed by atoms with Crippen molar-refractivity contribution < 1.29 is 17.6 Å². The van der Waals surface area contributed by atoms with Gasteiger partial charge in [-0.25, -0.2) is 27.5 Å². The summed E-state index contributed by atoms with van der Waals surface area (Å²) in [5.74, 6) is -0.368. The van der Waals surface area contributed by atoms with Gasteiger partial charge in [0, 0.05) is 72.3 Å². The molecule has 3 aromatic heterocycles. The number of halogens is 4. The molecule has 10 heteroatoms. The summed E-state index contributed by atoms with van der Waals surface area (Å²) < 4.78 is 67.4. The number of hydrogen-bond acceptors (Lipinski definition) is 3. The van der Waals surface area contributed by atoms with E-state index in [2.05, 4.69) is 9.67 Å². The van der Waals surface area contributed by atoms with Crippen LogP contribution in [0.2, 0.25) is 0 Å². The van der Waals surface area contributed by atoms with Gasteiger partial charge in [-0.3, -0.25) is 4.68 Å². The fourth-order valence-electron chi connectivity index (χ4n) is 7.63. The summed E-state index contributed by atoms with van der Waals surface area (Å²) in [4.78, 5) is 9.57. The molecule has 276 valence electrons.